The summed E-state index contributed by atoms with van der Waals surface area (Å²) in [4.78, 5) is 39.5. The van der Waals surface area contributed by atoms with Gasteiger partial charge in [-0.1, -0.05) is 36.4 Å². The number of amides is 3. The summed E-state index contributed by atoms with van der Waals surface area (Å²) in [6, 6.07) is 12.3. The molecule has 0 unspecified atom stereocenters. The van der Waals surface area contributed by atoms with Crippen molar-refractivity contribution < 1.29 is 23.2 Å². The Morgan fingerprint density at radius 2 is 1.77 bits per heavy atom. The monoisotopic (exact) mass is 445 g/mol. The molecule has 0 aromatic heterocycles. The molecule has 1 heterocycles. The number of hydrogen-bond donors (Lipinski definition) is 1. The van der Waals surface area contributed by atoms with Crippen molar-refractivity contribution >= 4 is 34.9 Å². The van der Waals surface area contributed by atoms with Gasteiger partial charge in [-0.25, -0.2) is 8.78 Å². The van der Waals surface area contributed by atoms with Crippen LogP contribution in [0.15, 0.2) is 53.4 Å². The molecule has 1 saturated heterocycles. The van der Waals surface area contributed by atoms with Crippen molar-refractivity contribution in [2.45, 2.75) is 6.54 Å². The Bertz CT molecular complexity index is 1030. The van der Waals surface area contributed by atoms with Gasteiger partial charge in [0.1, 0.15) is 11.6 Å². The third-order valence-electron chi connectivity index (χ3n) is 4.53. The predicted octanol–water partition coefficient (Wildman–Crippen LogP) is 3.25. The zero-order valence-electron chi connectivity index (χ0n) is 16.8. The van der Waals surface area contributed by atoms with Crippen LogP contribution < -0.4 is 5.32 Å². The molecule has 0 atom stereocenters. The number of carbonyl (C=O) groups excluding carboxylic acids is 3. The number of thioether (sulfide) groups is 1. The van der Waals surface area contributed by atoms with Gasteiger partial charge in [-0.15, -0.1) is 0 Å². The molecule has 1 aliphatic heterocycles. The summed E-state index contributed by atoms with van der Waals surface area (Å²) in [7, 11) is 1.69. The zero-order valence-corrected chi connectivity index (χ0v) is 17.6. The van der Waals surface area contributed by atoms with Crippen LogP contribution in [0.1, 0.15) is 11.1 Å². The van der Waals surface area contributed by atoms with Gasteiger partial charge < -0.3 is 5.32 Å². The van der Waals surface area contributed by atoms with Gasteiger partial charge in [-0.2, -0.15) is 0 Å². The molecule has 1 N–H and O–H groups in total. The summed E-state index contributed by atoms with van der Waals surface area (Å²) in [5, 5.41) is 2.17. The smallest absolute Gasteiger partial charge is 0.293 e. The molecule has 31 heavy (non-hydrogen) atoms. The summed E-state index contributed by atoms with van der Waals surface area (Å²) in [6.45, 7) is 0.382. The minimum Gasteiger partial charge on any atom is -0.353 e. The van der Waals surface area contributed by atoms with Crippen LogP contribution in [0.25, 0.3) is 6.08 Å². The number of imide groups is 1. The van der Waals surface area contributed by atoms with Crippen molar-refractivity contribution in [3.8, 4) is 0 Å². The van der Waals surface area contributed by atoms with Crippen molar-refractivity contribution in [1.82, 2.24) is 15.1 Å². The first-order chi connectivity index (χ1) is 14.8. The molecule has 2 aromatic carbocycles. The lowest BCUT2D eigenvalue weighted by Crippen LogP contribution is -2.40. The van der Waals surface area contributed by atoms with E-state index in [4.69, 9.17) is 0 Å². The van der Waals surface area contributed by atoms with Crippen LogP contribution in [-0.2, 0) is 16.1 Å². The molecule has 6 nitrogen and oxygen atoms in total. The van der Waals surface area contributed by atoms with Crippen molar-refractivity contribution in [2.24, 2.45) is 0 Å². The van der Waals surface area contributed by atoms with E-state index in [1.165, 1.54) is 30.3 Å². The van der Waals surface area contributed by atoms with Crippen molar-refractivity contribution in [2.75, 3.05) is 26.7 Å². The van der Waals surface area contributed by atoms with Gasteiger partial charge in [0.2, 0.25) is 5.91 Å². The molecule has 2 aromatic rings. The number of nitrogens with one attached hydrogen (secondary N) is 1. The maximum Gasteiger partial charge on any atom is 0.293 e. The Balaban J connectivity index is 1.48. The summed E-state index contributed by atoms with van der Waals surface area (Å²) in [5.41, 5.74) is 0.705. The molecule has 9 heteroatoms. The quantitative estimate of drug-likeness (QED) is 0.632. The van der Waals surface area contributed by atoms with E-state index in [0.29, 0.717) is 5.56 Å². The largest absolute Gasteiger partial charge is 0.353 e. The van der Waals surface area contributed by atoms with Crippen LogP contribution >= 0.6 is 11.8 Å². The van der Waals surface area contributed by atoms with E-state index < -0.39 is 17.0 Å². The van der Waals surface area contributed by atoms with Gasteiger partial charge in [-0.3, -0.25) is 24.2 Å². The minimum atomic E-state index is -0.524. The highest BCUT2D eigenvalue weighted by Crippen LogP contribution is 2.32. The van der Waals surface area contributed by atoms with E-state index in [1.807, 2.05) is 0 Å². The fraction of sp³-hybridized carbons (Fsp3) is 0.227. The topological polar surface area (TPSA) is 69.7 Å². The lowest BCUT2D eigenvalue weighted by Gasteiger charge is -2.17. The molecule has 0 bridgehead atoms. The second-order valence-corrected chi connectivity index (χ2v) is 7.96. The van der Waals surface area contributed by atoms with Gasteiger partial charge in [-0.05, 0) is 37.0 Å². The van der Waals surface area contributed by atoms with E-state index >= 15 is 0 Å². The van der Waals surface area contributed by atoms with Crippen LogP contribution in [0.2, 0.25) is 0 Å². The molecular formula is C22H21F2N3O3S. The van der Waals surface area contributed by atoms with Gasteiger partial charge in [0, 0.05) is 30.8 Å². The van der Waals surface area contributed by atoms with Crippen LogP contribution in [-0.4, -0.2) is 53.5 Å². The van der Waals surface area contributed by atoms with Gasteiger partial charge in [0.15, 0.2) is 0 Å². The molecular weight excluding hydrogens is 424 g/mol. The molecule has 0 spiro atoms. The summed E-state index contributed by atoms with van der Waals surface area (Å²) in [6.07, 6.45) is 1.34. The molecule has 3 rings (SSSR count). The molecule has 1 fully saturated rings. The Morgan fingerprint density at radius 3 is 2.48 bits per heavy atom. The first-order valence-corrected chi connectivity index (χ1v) is 10.4. The predicted molar refractivity (Wildman–Crippen MR) is 115 cm³/mol. The second-order valence-electron chi connectivity index (χ2n) is 6.97. The zero-order chi connectivity index (χ0) is 22.4. The molecule has 0 saturated carbocycles. The third kappa shape index (κ3) is 5.99. The number of carbonyl (C=O) groups is 3. The lowest BCUT2D eigenvalue weighted by atomic mass is 10.2. The Morgan fingerprint density at radius 1 is 1.10 bits per heavy atom. The summed E-state index contributed by atoms with van der Waals surface area (Å²) in [5.74, 6) is -1.66. The maximum absolute atomic E-state index is 13.8. The Labute approximate surface area is 182 Å². The summed E-state index contributed by atoms with van der Waals surface area (Å²) >= 11 is 0.733. The lowest BCUT2D eigenvalue weighted by molar-refractivity contribution is -0.124. The number of nitrogens with zero attached hydrogens (tertiary/aromatic N) is 2. The van der Waals surface area contributed by atoms with Gasteiger partial charge >= 0.3 is 0 Å². The molecule has 0 aliphatic carbocycles. The van der Waals surface area contributed by atoms with Gasteiger partial charge in [0.05, 0.1) is 11.4 Å². The van der Waals surface area contributed by atoms with Gasteiger partial charge in [0.25, 0.3) is 11.1 Å². The van der Waals surface area contributed by atoms with E-state index in [0.717, 1.165) is 16.7 Å². The molecule has 0 radical (unpaired) electrons. The Kier molecular flexibility index (Phi) is 7.54. The minimum absolute atomic E-state index is 0.00203. The average molecular weight is 445 g/mol. The molecule has 3 amide bonds. The highest BCUT2D eigenvalue weighted by atomic mass is 32.2. The van der Waals surface area contributed by atoms with Crippen molar-refractivity contribution in [3.05, 3.63) is 76.2 Å². The normalized spacial score (nSPS) is 15.2. The first kappa shape index (κ1) is 22.6. The number of halogens is 2. The third-order valence-corrected chi connectivity index (χ3v) is 5.44. The number of rotatable bonds is 8. The van der Waals surface area contributed by atoms with Crippen LogP contribution in [0.3, 0.4) is 0 Å². The fourth-order valence-corrected chi connectivity index (χ4v) is 3.86. The number of hydrogen-bond acceptors (Lipinski definition) is 5. The maximum atomic E-state index is 13.8. The molecule has 1 aliphatic rings. The van der Waals surface area contributed by atoms with E-state index in [-0.39, 0.29) is 48.4 Å². The fourth-order valence-electron chi connectivity index (χ4n) is 3.01. The first-order valence-electron chi connectivity index (χ1n) is 9.53. The molecule has 162 valence electrons. The van der Waals surface area contributed by atoms with Crippen LogP contribution in [0, 0.1) is 11.6 Å². The van der Waals surface area contributed by atoms with E-state index in [1.54, 1.807) is 36.2 Å². The highest BCUT2D eigenvalue weighted by molar-refractivity contribution is 8.18. The van der Waals surface area contributed by atoms with Crippen molar-refractivity contribution in [3.63, 3.8) is 0 Å². The van der Waals surface area contributed by atoms with E-state index in [9.17, 15) is 23.2 Å². The Hall–Kier alpha value is -3.04. The van der Waals surface area contributed by atoms with Crippen molar-refractivity contribution in [1.29, 1.82) is 0 Å². The van der Waals surface area contributed by atoms with Crippen LogP contribution in [0.4, 0.5) is 13.6 Å². The average Bonchev–Trinajstić information content (AvgIpc) is 2.98. The van der Waals surface area contributed by atoms with E-state index in [2.05, 4.69) is 5.32 Å². The SMILES string of the molecule is CN(CC(=O)NCCN1C(=O)S/C(=C\c2ccccc2F)C1=O)Cc1ccccc1F. The second kappa shape index (κ2) is 10.3. The number of likely N-dealkylation sites (N-methyl/N-ethyl adjacent to an activating group) is 1. The summed E-state index contributed by atoms with van der Waals surface area (Å²) < 4.78 is 27.5. The van der Waals surface area contributed by atoms with Crippen LogP contribution in [0.5, 0.6) is 0 Å². The standard InChI is InChI=1S/C22H21F2N3O3S/c1-26(13-16-7-3-5-9-18(16)24)14-20(28)25-10-11-27-21(29)19(31-22(27)30)12-15-6-2-4-8-17(15)23/h2-9,12H,10-11,13-14H2,1H3,(H,25,28)/b19-12-. The number of benzene rings is 2. The highest BCUT2D eigenvalue weighted by Gasteiger charge is 2.34.